The summed E-state index contributed by atoms with van der Waals surface area (Å²) < 4.78 is 10.1. The molecule has 2 aliphatic rings. The van der Waals surface area contributed by atoms with Crippen molar-refractivity contribution >= 4 is 23.5 Å². The number of primary amides is 1. The molecular formula is C18H20N2O6. The second kappa shape index (κ2) is 7.73. The molecule has 1 amide bonds. The van der Waals surface area contributed by atoms with Crippen molar-refractivity contribution in [2.24, 2.45) is 5.73 Å². The normalized spacial score (nSPS) is 10.5. The van der Waals surface area contributed by atoms with Gasteiger partial charge in [-0.2, -0.15) is 0 Å². The van der Waals surface area contributed by atoms with Gasteiger partial charge >= 0.3 is 11.9 Å². The average Bonchev–Trinajstić information content (AvgIpc) is 2.75. The quantitative estimate of drug-likeness (QED) is 0.662. The third-order valence-electron chi connectivity index (χ3n) is 3.72. The van der Waals surface area contributed by atoms with Gasteiger partial charge in [-0.05, 0) is 43.2 Å². The first kappa shape index (κ1) is 19.0. The van der Waals surface area contributed by atoms with Crippen LogP contribution < -0.4 is 11.5 Å². The molecule has 0 unspecified atom stereocenters. The van der Waals surface area contributed by atoms with Crippen molar-refractivity contribution in [2.45, 2.75) is 20.3 Å². The van der Waals surface area contributed by atoms with Crippen LogP contribution in [0.2, 0.25) is 0 Å². The lowest BCUT2D eigenvalue weighted by Gasteiger charge is -2.07. The SMILES string of the molecule is CCOC(=O)c1c2ccc(O)cc(CC(N)=O)c-2c(C(=O)OCC)c1N. The Morgan fingerprint density at radius 2 is 1.62 bits per heavy atom. The molecule has 0 saturated heterocycles. The zero-order valence-corrected chi connectivity index (χ0v) is 14.5. The Kier molecular flexibility index (Phi) is 5.66. The Hall–Kier alpha value is -3.29. The number of anilines is 1. The van der Waals surface area contributed by atoms with Gasteiger partial charge in [-0.15, -0.1) is 0 Å². The lowest BCUT2D eigenvalue weighted by atomic mass is 9.99. The molecule has 0 fully saturated rings. The summed E-state index contributed by atoms with van der Waals surface area (Å²) in [5.41, 5.74) is 11.9. The standard InChI is InChI=1S/C18H20N2O6/c1-3-25-17(23)14-11-6-5-10(21)7-9(8-12(19)22)13(11)15(16(14)20)18(24)26-4-2/h5-7,21H,3-4,8,20H2,1-2H3,(H2,19,22). The number of hydrogen-bond acceptors (Lipinski definition) is 7. The summed E-state index contributed by atoms with van der Waals surface area (Å²) in [6, 6.07) is 4.05. The first-order valence-corrected chi connectivity index (χ1v) is 8.01. The molecule has 5 N–H and O–H groups in total. The number of rotatable bonds is 6. The lowest BCUT2D eigenvalue weighted by molar-refractivity contribution is -0.117. The van der Waals surface area contributed by atoms with Crippen LogP contribution in [-0.2, 0) is 20.7 Å². The van der Waals surface area contributed by atoms with Crippen LogP contribution in [0.3, 0.4) is 0 Å². The average molecular weight is 360 g/mol. The number of nitrogen functional groups attached to an aromatic ring is 1. The summed E-state index contributed by atoms with van der Waals surface area (Å²) in [4.78, 5) is 36.3. The number of nitrogens with two attached hydrogens (primary N) is 2. The van der Waals surface area contributed by atoms with Crippen LogP contribution in [0, 0.1) is 0 Å². The molecule has 0 bridgehead atoms. The molecule has 0 heterocycles. The van der Waals surface area contributed by atoms with Gasteiger partial charge in [0.05, 0.1) is 36.4 Å². The minimum absolute atomic E-state index is 0.0220. The second-order valence-electron chi connectivity index (χ2n) is 5.46. The van der Waals surface area contributed by atoms with Gasteiger partial charge in [0.1, 0.15) is 5.75 Å². The van der Waals surface area contributed by atoms with Crippen molar-refractivity contribution in [2.75, 3.05) is 18.9 Å². The molecule has 138 valence electrons. The summed E-state index contributed by atoms with van der Waals surface area (Å²) >= 11 is 0. The number of hydrogen-bond donors (Lipinski definition) is 3. The van der Waals surface area contributed by atoms with E-state index in [-0.39, 0.29) is 58.9 Å². The van der Waals surface area contributed by atoms with E-state index in [4.69, 9.17) is 20.9 Å². The van der Waals surface area contributed by atoms with Gasteiger partial charge in [0.25, 0.3) is 0 Å². The largest absolute Gasteiger partial charge is 0.508 e. The van der Waals surface area contributed by atoms with Gasteiger partial charge in [-0.1, -0.05) is 0 Å². The zero-order chi connectivity index (χ0) is 19.4. The van der Waals surface area contributed by atoms with Gasteiger partial charge in [-0.3, -0.25) is 4.79 Å². The summed E-state index contributed by atoms with van der Waals surface area (Å²) in [5.74, 6) is -2.31. The molecule has 0 aromatic heterocycles. The maximum absolute atomic E-state index is 12.5. The van der Waals surface area contributed by atoms with Crippen LogP contribution in [0.1, 0.15) is 40.1 Å². The van der Waals surface area contributed by atoms with E-state index >= 15 is 0 Å². The summed E-state index contributed by atoms with van der Waals surface area (Å²) in [7, 11) is 0. The molecule has 0 saturated carbocycles. The minimum atomic E-state index is -0.748. The van der Waals surface area contributed by atoms with Crippen LogP contribution in [0.4, 0.5) is 5.69 Å². The van der Waals surface area contributed by atoms with E-state index in [9.17, 15) is 19.5 Å². The fourth-order valence-electron chi connectivity index (χ4n) is 2.80. The van der Waals surface area contributed by atoms with Crippen LogP contribution in [0.5, 0.6) is 5.75 Å². The highest BCUT2D eigenvalue weighted by Crippen LogP contribution is 2.42. The molecule has 0 radical (unpaired) electrons. The van der Waals surface area contributed by atoms with Crippen LogP contribution in [-0.4, -0.2) is 36.2 Å². The summed E-state index contributed by atoms with van der Waals surface area (Å²) in [6.45, 7) is 3.46. The number of aromatic hydroxyl groups is 1. The smallest absolute Gasteiger partial charge is 0.340 e. The van der Waals surface area contributed by atoms with Crippen LogP contribution in [0.15, 0.2) is 18.2 Å². The monoisotopic (exact) mass is 360 g/mol. The maximum Gasteiger partial charge on any atom is 0.340 e. The molecule has 8 nitrogen and oxygen atoms in total. The summed E-state index contributed by atoms with van der Waals surface area (Å²) in [5, 5.41) is 9.94. The Balaban J connectivity index is 2.88. The van der Waals surface area contributed by atoms with Crippen molar-refractivity contribution in [3.05, 3.63) is 34.9 Å². The predicted octanol–water partition coefficient (Wildman–Crippen LogP) is 1.46. The van der Waals surface area contributed by atoms with E-state index < -0.39 is 17.8 Å². The number of carbonyl (C=O) groups is 3. The van der Waals surface area contributed by atoms with E-state index in [0.29, 0.717) is 0 Å². The minimum Gasteiger partial charge on any atom is -0.508 e. The highest BCUT2D eigenvalue weighted by Gasteiger charge is 2.32. The second-order valence-corrected chi connectivity index (χ2v) is 5.46. The third kappa shape index (κ3) is 3.53. The van der Waals surface area contributed by atoms with Gasteiger partial charge in [0, 0.05) is 5.56 Å². The number of ether oxygens (including phenoxy) is 2. The topological polar surface area (TPSA) is 142 Å². The number of carbonyl (C=O) groups excluding carboxylic acids is 3. The van der Waals surface area contributed by atoms with Gasteiger partial charge < -0.3 is 26.0 Å². The van der Waals surface area contributed by atoms with Gasteiger partial charge in [0.15, 0.2) is 0 Å². The van der Waals surface area contributed by atoms with E-state index in [1.165, 1.54) is 18.2 Å². The fourth-order valence-corrected chi connectivity index (χ4v) is 2.80. The van der Waals surface area contributed by atoms with E-state index in [1.54, 1.807) is 13.8 Å². The van der Waals surface area contributed by atoms with Crippen molar-refractivity contribution in [3.8, 4) is 16.9 Å². The van der Waals surface area contributed by atoms with Crippen molar-refractivity contribution in [1.29, 1.82) is 0 Å². The molecule has 8 heteroatoms. The van der Waals surface area contributed by atoms with Crippen LogP contribution >= 0.6 is 0 Å². The summed E-state index contributed by atoms with van der Waals surface area (Å²) in [6.07, 6.45) is -0.267. The number of amides is 1. The molecule has 2 rings (SSSR count). The number of fused-ring (bicyclic) bond motifs is 1. The zero-order valence-electron chi connectivity index (χ0n) is 14.5. The fraction of sp³-hybridized carbons (Fsp3) is 0.278. The number of esters is 2. The first-order chi connectivity index (χ1) is 12.3. The van der Waals surface area contributed by atoms with Gasteiger partial charge in [0.2, 0.25) is 5.91 Å². The van der Waals surface area contributed by atoms with Crippen molar-refractivity contribution in [1.82, 2.24) is 0 Å². The van der Waals surface area contributed by atoms with Crippen molar-refractivity contribution in [3.63, 3.8) is 0 Å². The van der Waals surface area contributed by atoms with Crippen molar-refractivity contribution < 1.29 is 29.0 Å². The molecule has 0 aromatic rings. The Morgan fingerprint density at radius 3 is 2.15 bits per heavy atom. The predicted molar refractivity (Wildman–Crippen MR) is 94.0 cm³/mol. The maximum atomic E-state index is 12.5. The van der Waals surface area contributed by atoms with E-state index in [2.05, 4.69) is 0 Å². The Bertz CT molecular complexity index is 846. The Labute approximate surface area is 150 Å². The van der Waals surface area contributed by atoms with E-state index in [1.807, 2.05) is 0 Å². The third-order valence-corrected chi connectivity index (χ3v) is 3.72. The molecule has 0 spiro atoms. The van der Waals surface area contributed by atoms with E-state index in [0.717, 1.165) is 0 Å². The molecule has 0 aromatic carbocycles. The molecule has 26 heavy (non-hydrogen) atoms. The lowest BCUT2D eigenvalue weighted by Crippen LogP contribution is -2.15. The molecule has 0 aliphatic heterocycles. The Morgan fingerprint density at radius 1 is 1.04 bits per heavy atom. The first-order valence-electron chi connectivity index (χ1n) is 8.01. The van der Waals surface area contributed by atoms with Crippen LogP contribution in [0.25, 0.3) is 11.1 Å². The highest BCUT2D eigenvalue weighted by atomic mass is 16.5. The van der Waals surface area contributed by atoms with Gasteiger partial charge in [-0.25, -0.2) is 9.59 Å². The molecule has 0 atom stereocenters. The highest BCUT2D eigenvalue weighted by molar-refractivity contribution is 6.16. The molecule has 2 aliphatic carbocycles. The molecular weight excluding hydrogens is 340 g/mol.